The highest BCUT2D eigenvalue weighted by molar-refractivity contribution is 14.0. The van der Waals surface area contributed by atoms with Crippen molar-refractivity contribution in [1.29, 1.82) is 0 Å². The first-order valence-electron chi connectivity index (χ1n) is 8.93. The Kier molecular flexibility index (Phi) is 11.1. The molecule has 2 aromatic rings. The molecule has 0 unspecified atom stereocenters. The van der Waals surface area contributed by atoms with Gasteiger partial charge in [0.2, 0.25) is 0 Å². The summed E-state index contributed by atoms with van der Waals surface area (Å²) in [5, 5.41) is 9.84. The van der Waals surface area contributed by atoms with Crippen molar-refractivity contribution in [3.63, 3.8) is 0 Å². The summed E-state index contributed by atoms with van der Waals surface area (Å²) in [6.07, 6.45) is 1.93. The number of aryl methyl sites for hydroxylation is 2. The number of hydrogen-bond donors (Lipinski definition) is 2. The summed E-state index contributed by atoms with van der Waals surface area (Å²) < 4.78 is 11.0. The summed E-state index contributed by atoms with van der Waals surface area (Å²) in [5.74, 6) is 2.20. The normalized spacial score (nSPS) is 10.9. The second kappa shape index (κ2) is 12.8. The van der Waals surface area contributed by atoms with Gasteiger partial charge >= 0.3 is 0 Å². The Morgan fingerprint density at radius 2 is 2.07 bits per heavy atom. The Labute approximate surface area is 182 Å². The van der Waals surface area contributed by atoms with Crippen LogP contribution in [0.1, 0.15) is 31.0 Å². The van der Waals surface area contributed by atoms with Crippen molar-refractivity contribution >= 4 is 47.0 Å². The molecule has 0 saturated carbocycles. The summed E-state index contributed by atoms with van der Waals surface area (Å²) in [4.78, 5) is 9.13. The Morgan fingerprint density at radius 3 is 2.70 bits per heavy atom. The number of anilines is 1. The molecule has 0 aliphatic rings. The highest BCUT2D eigenvalue weighted by Crippen LogP contribution is 2.30. The van der Waals surface area contributed by atoms with E-state index in [9.17, 15) is 0 Å². The fraction of sp³-hybridized carbons (Fsp3) is 0.474. The van der Waals surface area contributed by atoms with Crippen molar-refractivity contribution in [2.45, 2.75) is 33.6 Å². The van der Waals surface area contributed by atoms with E-state index >= 15 is 0 Å². The van der Waals surface area contributed by atoms with Gasteiger partial charge in [0.1, 0.15) is 0 Å². The minimum atomic E-state index is 0. The predicted molar refractivity (Wildman–Crippen MR) is 124 cm³/mol. The van der Waals surface area contributed by atoms with Gasteiger partial charge in [-0.25, -0.2) is 4.98 Å². The van der Waals surface area contributed by atoms with Crippen LogP contribution in [-0.4, -0.2) is 37.7 Å². The molecular formula is C19H29IN4O2S. The summed E-state index contributed by atoms with van der Waals surface area (Å²) in [6.45, 7) is 8.17. The Balaban J connectivity index is 0.00000364. The first-order chi connectivity index (χ1) is 12.7. The minimum Gasteiger partial charge on any atom is -0.493 e. The molecule has 0 aliphatic heterocycles. The molecule has 6 nitrogen and oxygen atoms in total. The lowest BCUT2D eigenvalue weighted by Gasteiger charge is -2.14. The number of thiazole rings is 1. The number of nitrogens with one attached hydrogen (secondary N) is 2. The summed E-state index contributed by atoms with van der Waals surface area (Å²) >= 11 is 1.71. The molecule has 2 rings (SSSR count). The van der Waals surface area contributed by atoms with Gasteiger partial charge in [-0.3, -0.25) is 4.99 Å². The molecule has 0 saturated heterocycles. The molecule has 0 bridgehead atoms. The lowest BCUT2D eigenvalue weighted by atomic mass is 10.2. The topological polar surface area (TPSA) is 67.8 Å². The average molecular weight is 504 g/mol. The van der Waals surface area contributed by atoms with Gasteiger partial charge < -0.3 is 20.1 Å². The highest BCUT2D eigenvalue weighted by Gasteiger charge is 2.07. The number of aromatic nitrogens is 1. The van der Waals surface area contributed by atoms with E-state index in [0.29, 0.717) is 12.4 Å². The summed E-state index contributed by atoms with van der Waals surface area (Å²) in [5.41, 5.74) is 1.99. The van der Waals surface area contributed by atoms with Crippen LogP contribution in [0.4, 0.5) is 5.69 Å². The number of methoxy groups -OCH3 is 1. The van der Waals surface area contributed by atoms with Gasteiger partial charge in [-0.05, 0) is 39.3 Å². The molecule has 27 heavy (non-hydrogen) atoms. The number of rotatable bonds is 9. The highest BCUT2D eigenvalue weighted by atomic mass is 127. The molecule has 2 N–H and O–H groups in total. The molecule has 150 valence electrons. The maximum absolute atomic E-state index is 5.55. The SMILES string of the molecule is CCNC(=NCCCc1nc(C)cs1)Nc1ccc(OCC)c(OC)c1.I. The number of benzene rings is 1. The van der Waals surface area contributed by atoms with Crippen LogP contribution in [-0.2, 0) is 6.42 Å². The van der Waals surface area contributed by atoms with Gasteiger partial charge in [0.15, 0.2) is 17.5 Å². The van der Waals surface area contributed by atoms with E-state index in [2.05, 4.69) is 26.0 Å². The van der Waals surface area contributed by atoms with Crippen LogP contribution < -0.4 is 20.1 Å². The molecule has 0 fully saturated rings. The molecule has 0 atom stereocenters. The zero-order valence-corrected chi connectivity index (χ0v) is 19.5. The standard InChI is InChI=1S/C19H28N4O2S.HI/c1-5-20-19(21-11-7-8-18-22-14(3)13-26-18)23-15-9-10-16(25-6-2)17(12-15)24-4;/h9-10,12-13H,5-8,11H2,1-4H3,(H2,20,21,23);1H. The van der Waals surface area contributed by atoms with E-state index in [1.807, 2.05) is 39.0 Å². The minimum absolute atomic E-state index is 0. The zero-order valence-electron chi connectivity index (χ0n) is 16.4. The fourth-order valence-corrected chi connectivity index (χ4v) is 3.22. The third kappa shape index (κ3) is 7.92. The van der Waals surface area contributed by atoms with Gasteiger partial charge in [0.05, 0.1) is 18.7 Å². The number of hydrogen-bond acceptors (Lipinski definition) is 5. The first kappa shape index (κ1) is 23.5. The number of guanidine groups is 1. The molecule has 0 spiro atoms. The molecule has 1 heterocycles. The van der Waals surface area contributed by atoms with E-state index in [1.54, 1.807) is 18.4 Å². The van der Waals surface area contributed by atoms with Gasteiger partial charge in [0.25, 0.3) is 0 Å². The van der Waals surface area contributed by atoms with Crippen LogP contribution in [0.15, 0.2) is 28.6 Å². The second-order valence-electron chi connectivity index (χ2n) is 5.67. The van der Waals surface area contributed by atoms with Gasteiger partial charge in [-0.15, -0.1) is 35.3 Å². The van der Waals surface area contributed by atoms with E-state index in [0.717, 1.165) is 49.0 Å². The number of aliphatic imine (C=N–C) groups is 1. The van der Waals surface area contributed by atoms with Gasteiger partial charge in [0, 0.05) is 42.3 Å². The molecule has 0 radical (unpaired) electrons. The Morgan fingerprint density at radius 1 is 1.26 bits per heavy atom. The third-order valence-corrected chi connectivity index (χ3v) is 4.58. The average Bonchev–Trinajstić information content (AvgIpc) is 3.05. The van der Waals surface area contributed by atoms with Crippen molar-refractivity contribution in [3.05, 3.63) is 34.3 Å². The molecule has 1 aromatic carbocycles. The van der Waals surface area contributed by atoms with Crippen LogP contribution in [0, 0.1) is 6.92 Å². The lowest BCUT2D eigenvalue weighted by Crippen LogP contribution is -2.30. The predicted octanol–water partition coefficient (Wildman–Crippen LogP) is 4.49. The number of nitrogens with zero attached hydrogens (tertiary/aromatic N) is 2. The lowest BCUT2D eigenvalue weighted by molar-refractivity contribution is 0.311. The molecule has 0 aliphatic carbocycles. The number of ether oxygens (including phenoxy) is 2. The van der Waals surface area contributed by atoms with E-state index in [-0.39, 0.29) is 24.0 Å². The number of halogens is 1. The van der Waals surface area contributed by atoms with Crippen LogP contribution in [0.3, 0.4) is 0 Å². The third-order valence-electron chi connectivity index (χ3n) is 3.56. The summed E-state index contributed by atoms with van der Waals surface area (Å²) in [7, 11) is 1.64. The van der Waals surface area contributed by atoms with Gasteiger partial charge in [-0.1, -0.05) is 0 Å². The molecule has 8 heteroatoms. The fourth-order valence-electron chi connectivity index (χ4n) is 2.40. The smallest absolute Gasteiger partial charge is 0.195 e. The molecular weight excluding hydrogens is 475 g/mol. The maximum atomic E-state index is 5.55. The largest absolute Gasteiger partial charge is 0.493 e. The van der Waals surface area contributed by atoms with Crippen molar-refractivity contribution < 1.29 is 9.47 Å². The van der Waals surface area contributed by atoms with Gasteiger partial charge in [-0.2, -0.15) is 0 Å². The van der Waals surface area contributed by atoms with Crippen LogP contribution in [0.5, 0.6) is 11.5 Å². The summed E-state index contributed by atoms with van der Waals surface area (Å²) in [6, 6.07) is 5.77. The van der Waals surface area contributed by atoms with Crippen molar-refractivity contribution in [2.75, 3.05) is 32.1 Å². The van der Waals surface area contributed by atoms with Crippen molar-refractivity contribution in [2.24, 2.45) is 4.99 Å². The van der Waals surface area contributed by atoms with Crippen LogP contribution >= 0.6 is 35.3 Å². The van der Waals surface area contributed by atoms with Crippen LogP contribution in [0.2, 0.25) is 0 Å². The van der Waals surface area contributed by atoms with Crippen molar-refractivity contribution in [3.8, 4) is 11.5 Å². The van der Waals surface area contributed by atoms with E-state index in [4.69, 9.17) is 9.47 Å². The van der Waals surface area contributed by atoms with E-state index < -0.39 is 0 Å². The van der Waals surface area contributed by atoms with Crippen molar-refractivity contribution in [1.82, 2.24) is 10.3 Å². The molecule has 1 aromatic heterocycles. The quantitative estimate of drug-likeness (QED) is 0.228. The Bertz CT molecular complexity index is 721. The van der Waals surface area contributed by atoms with Crippen LogP contribution in [0.25, 0.3) is 0 Å². The molecule has 0 amide bonds. The zero-order chi connectivity index (χ0) is 18.8. The van der Waals surface area contributed by atoms with E-state index in [1.165, 1.54) is 5.01 Å². The second-order valence-corrected chi connectivity index (χ2v) is 6.61. The maximum Gasteiger partial charge on any atom is 0.195 e. The first-order valence-corrected chi connectivity index (χ1v) is 9.81. The monoisotopic (exact) mass is 504 g/mol. The Hall–Kier alpha value is -1.55.